The van der Waals surface area contributed by atoms with Crippen LogP contribution in [-0.2, 0) is 10.1 Å². The van der Waals surface area contributed by atoms with Gasteiger partial charge < -0.3 is 9.47 Å². The van der Waals surface area contributed by atoms with Crippen LogP contribution in [-0.4, -0.2) is 12.8 Å². The van der Waals surface area contributed by atoms with E-state index in [0.29, 0.717) is 17.3 Å². The van der Waals surface area contributed by atoms with Gasteiger partial charge in [0.15, 0.2) is 0 Å². The lowest BCUT2D eigenvalue weighted by Crippen LogP contribution is -2.15. The summed E-state index contributed by atoms with van der Waals surface area (Å²) < 4.78 is 46.7. The molecule has 1 aromatic rings. The molecule has 0 aromatic heterocycles. The zero-order valence-electron chi connectivity index (χ0n) is 9.63. The van der Waals surface area contributed by atoms with Crippen LogP contribution in [0.4, 0.5) is 13.2 Å². The van der Waals surface area contributed by atoms with E-state index in [4.69, 9.17) is 4.74 Å². The molecule has 0 N–H and O–H groups in total. The van der Waals surface area contributed by atoms with Crippen LogP contribution in [0.1, 0.15) is 12.5 Å². The summed E-state index contributed by atoms with van der Waals surface area (Å²) in [6.45, 7) is 1.40. The molecular formula is C12H12BrF3O2. The molecule has 0 saturated carbocycles. The van der Waals surface area contributed by atoms with Gasteiger partial charge in [0.05, 0.1) is 6.61 Å². The minimum Gasteiger partial charge on any atom is -0.487 e. The van der Waals surface area contributed by atoms with Crippen LogP contribution >= 0.6 is 15.9 Å². The van der Waals surface area contributed by atoms with Crippen molar-refractivity contribution in [2.75, 3.05) is 6.61 Å². The Morgan fingerprint density at radius 3 is 2.33 bits per heavy atom. The molecule has 2 nitrogen and oxygen atoms in total. The molecular weight excluding hydrogens is 313 g/mol. The van der Waals surface area contributed by atoms with Gasteiger partial charge >= 0.3 is 6.18 Å². The number of allylic oxidation sites excluding steroid dienone is 1. The zero-order valence-corrected chi connectivity index (χ0v) is 11.2. The van der Waals surface area contributed by atoms with Crippen molar-refractivity contribution in [3.05, 3.63) is 41.9 Å². The number of alkyl halides is 4. The van der Waals surface area contributed by atoms with E-state index < -0.39 is 11.9 Å². The van der Waals surface area contributed by atoms with Crippen molar-refractivity contribution in [1.82, 2.24) is 0 Å². The Bertz CT molecular complexity index is 399. The largest absolute Gasteiger partial charge is 0.487 e. The quantitative estimate of drug-likeness (QED) is 0.590. The smallest absolute Gasteiger partial charge is 0.452 e. The lowest BCUT2D eigenvalue weighted by atomic mass is 10.2. The molecule has 0 aliphatic rings. The second-order valence-corrected chi connectivity index (χ2v) is 3.87. The topological polar surface area (TPSA) is 18.5 Å². The average molecular weight is 325 g/mol. The summed E-state index contributed by atoms with van der Waals surface area (Å²) >= 11 is 3.27. The third kappa shape index (κ3) is 4.60. The molecule has 0 atom stereocenters. The fourth-order valence-electron chi connectivity index (χ4n) is 1.12. The van der Waals surface area contributed by atoms with Crippen molar-refractivity contribution in [2.24, 2.45) is 0 Å². The summed E-state index contributed by atoms with van der Waals surface area (Å²) in [5.41, 5.74) is 1.01. The maximum Gasteiger partial charge on any atom is 0.452 e. The molecule has 0 unspecified atom stereocenters. The van der Waals surface area contributed by atoms with Crippen molar-refractivity contribution in [2.45, 2.75) is 18.4 Å². The molecule has 0 fully saturated rings. The highest BCUT2D eigenvalue weighted by Gasteiger charge is 2.36. The molecule has 0 heterocycles. The first-order valence-corrected chi connectivity index (χ1v) is 6.31. The van der Waals surface area contributed by atoms with Crippen LogP contribution < -0.4 is 4.74 Å². The number of benzene rings is 1. The van der Waals surface area contributed by atoms with Crippen molar-refractivity contribution in [1.29, 1.82) is 0 Å². The summed E-state index contributed by atoms with van der Waals surface area (Å²) in [5, 5.41) is 0.676. The Labute approximate surface area is 112 Å². The van der Waals surface area contributed by atoms with Crippen LogP contribution in [0.2, 0.25) is 0 Å². The van der Waals surface area contributed by atoms with E-state index in [1.54, 1.807) is 24.3 Å². The van der Waals surface area contributed by atoms with E-state index in [0.717, 1.165) is 5.56 Å². The van der Waals surface area contributed by atoms with E-state index in [2.05, 4.69) is 20.7 Å². The number of halogens is 4. The van der Waals surface area contributed by atoms with E-state index in [-0.39, 0.29) is 6.61 Å². The standard InChI is InChI=1S/C12H12BrF3O2/c1-2-17-11(12(14,15)16)8-18-10-5-3-9(7-13)4-6-10/h3-6,8H,2,7H2,1H3/b11-8-. The Kier molecular flexibility index (Phi) is 5.53. The molecule has 18 heavy (non-hydrogen) atoms. The molecule has 100 valence electrons. The highest BCUT2D eigenvalue weighted by Crippen LogP contribution is 2.27. The number of hydrogen-bond acceptors (Lipinski definition) is 2. The second kappa shape index (κ2) is 6.68. The molecule has 0 spiro atoms. The van der Waals surface area contributed by atoms with Crippen LogP contribution in [0, 0.1) is 0 Å². The first-order valence-electron chi connectivity index (χ1n) is 5.19. The number of rotatable bonds is 5. The summed E-state index contributed by atoms with van der Waals surface area (Å²) in [4.78, 5) is 0. The average Bonchev–Trinajstić information content (AvgIpc) is 2.33. The lowest BCUT2D eigenvalue weighted by Gasteiger charge is -2.11. The fraction of sp³-hybridized carbons (Fsp3) is 0.333. The lowest BCUT2D eigenvalue weighted by molar-refractivity contribution is -0.132. The summed E-state index contributed by atoms with van der Waals surface area (Å²) in [6.07, 6.45) is -3.97. The van der Waals surface area contributed by atoms with Gasteiger partial charge in [-0.3, -0.25) is 0 Å². The number of ether oxygens (including phenoxy) is 2. The molecule has 6 heteroatoms. The predicted octanol–water partition coefficient (Wildman–Crippen LogP) is 4.40. The molecule has 0 saturated heterocycles. The van der Waals surface area contributed by atoms with Gasteiger partial charge in [0.1, 0.15) is 12.0 Å². The minimum atomic E-state index is -4.55. The van der Waals surface area contributed by atoms with E-state index in [9.17, 15) is 13.2 Å². The van der Waals surface area contributed by atoms with E-state index in [1.807, 2.05) is 0 Å². The van der Waals surface area contributed by atoms with Gasteiger partial charge in [-0.2, -0.15) is 13.2 Å². The SMILES string of the molecule is CCO/C(=C\Oc1ccc(CBr)cc1)C(F)(F)F. The van der Waals surface area contributed by atoms with Crippen molar-refractivity contribution < 1.29 is 22.6 Å². The molecule has 0 bridgehead atoms. The molecule has 0 amide bonds. The van der Waals surface area contributed by atoms with Crippen LogP contribution in [0.25, 0.3) is 0 Å². The van der Waals surface area contributed by atoms with Gasteiger partial charge in [0, 0.05) is 5.33 Å². The first kappa shape index (κ1) is 14.9. The first-order chi connectivity index (χ1) is 8.47. The summed E-state index contributed by atoms with van der Waals surface area (Å²) in [6, 6.07) is 6.69. The van der Waals surface area contributed by atoms with Crippen molar-refractivity contribution in [3.8, 4) is 5.75 Å². The van der Waals surface area contributed by atoms with Gasteiger partial charge in [-0.25, -0.2) is 0 Å². The fourth-order valence-corrected chi connectivity index (χ4v) is 1.49. The highest BCUT2D eigenvalue weighted by molar-refractivity contribution is 9.08. The highest BCUT2D eigenvalue weighted by atomic mass is 79.9. The van der Waals surface area contributed by atoms with E-state index in [1.165, 1.54) is 6.92 Å². The monoisotopic (exact) mass is 324 g/mol. The van der Waals surface area contributed by atoms with Crippen LogP contribution in [0.5, 0.6) is 5.75 Å². The van der Waals surface area contributed by atoms with Gasteiger partial charge in [-0.15, -0.1) is 0 Å². The third-order valence-electron chi connectivity index (χ3n) is 1.96. The maximum absolute atomic E-state index is 12.4. The van der Waals surface area contributed by atoms with Crippen molar-refractivity contribution >= 4 is 15.9 Å². The molecule has 1 aromatic carbocycles. The third-order valence-corrected chi connectivity index (χ3v) is 2.61. The number of hydrogen-bond donors (Lipinski definition) is 0. The Morgan fingerprint density at radius 2 is 1.89 bits per heavy atom. The summed E-state index contributed by atoms with van der Waals surface area (Å²) in [7, 11) is 0. The van der Waals surface area contributed by atoms with Crippen LogP contribution in [0.15, 0.2) is 36.3 Å². The normalized spacial score (nSPS) is 12.4. The predicted molar refractivity (Wildman–Crippen MR) is 65.5 cm³/mol. The second-order valence-electron chi connectivity index (χ2n) is 3.31. The summed E-state index contributed by atoms with van der Waals surface area (Å²) in [5.74, 6) is -0.823. The Hall–Kier alpha value is -1.17. The van der Waals surface area contributed by atoms with Gasteiger partial charge in [0.25, 0.3) is 0 Å². The van der Waals surface area contributed by atoms with Crippen LogP contribution in [0.3, 0.4) is 0 Å². The van der Waals surface area contributed by atoms with Gasteiger partial charge in [-0.05, 0) is 24.6 Å². The maximum atomic E-state index is 12.4. The molecule has 0 radical (unpaired) electrons. The Balaban J connectivity index is 2.75. The minimum absolute atomic E-state index is 0.0722. The van der Waals surface area contributed by atoms with Crippen molar-refractivity contribution in [3.63, 3.8) is 0 Å². The van der Waals surface area contributed by atoms with Gasteiger partial charge in [-0.1, -0.05) is 28.1 Å². The zero-order chi connectivity index (χ0) is 13.6. The molecule has 1 rings (SSSR count). The molecule has 0 aliphatic heterocycles. The van der Waals surface area contributed by atoms with Gasteiger partial charge in [0.2, 0.25) is 5.76 Å². The Morgan fingerprint density at radius 1 is 1.28 bits per heavy atom. The molecule has 0 aliphatic carbocycles. The van der Waals surface area contributed by atoms with E-state index >= 15 is 0 Å².